The van der Waals surface area contributed by atoms with E-state index in [4.69, 9.17) is 28.9 Å². The fraction of sp³-hybridized carbons (Fsp3) is 0.0526. The third-order valence-corrected chi connectivity index (χ3v) is 5.51. The van der Waals surface area contributed by atoms with E-state index in [2.05, 4.69) is 5.10 Å². The Morgan fingerprint density at radius 1 is 1.15 bits per heavy atom. The maximum absolute atomic E-state index is 11.9. The van der Waals surface area contributed by atoms with Crippen molar-refractivity contribution in [2.24, 2.45) is 5.10 Å². The summed E-state index contributed by atoms with van der Waals surface area (Å²) in [5.41, 5.74) is 3.34. The molecule has 0 N–H and O–H groups in total. The van der Waals surface area contributed by atoms with Gasteiger partial charge in [-0.25, -0.2) is 4.68 Å². The van der Waals surface area contributed by atoms with Crippen molar-refractivity contribution in [1.82, 2.24) is 14.8 Å². The van der Waals surface area contributed by atoms with Crippen LogP contribution in [0.4, 0.5) is 0 Å². The monoisotopic (exact) mass is 412 g/mol. The van der Waals surface area contributed by atoms with Crippen molar-refractivity contribution in [1.29, 1.82) is 0 Å². The number of para-hydroxylation sites is 1. The van der Waals surface area contributed by atoms with Crippen LogP contribution in [0.25, 0.3) is 16.9 Å². The molecule has 0 atom stereocenters. The van der Waals surface area contributed by atoms with Crippen LogP contribution >= 0.6 is 35.6 Å². The summed E-state index contributed by atoms with van der Waals surface area (Å²) in [5.74, 6) is 0.202. The molecule has 0 unspecified atom stereocenters. The lowest BCUT2D eigenvalue weighted by Gasteiger charge is -2.06. The molecule has 8 heteroatoms. The molecule has 27 heavy (non-hydrogen) atoms. The average Bonchev–Trinajstić information content (AvgIpc) is 3.25. The molecule has 3 aromatic rings. The van der Waals surface area contributed by atoms with Gasteiger partial charge in [-0.1, -0.05) is 65.9 Å². The molecule has 1 fully saturated rings. The third kappa shape index (κ3) is 3.80. The molecule has 0 bridgehead atoms. The van der Waals surface area contributed by atoms with Gasteiger partial charge in [0.15, 0.2) is 4.32 Å². The van der Waals surface area contributed by atoms with Gasteiger partial charge in [0.05, 0.1) is 17.7 Å². The Bertz CT molecular complexity index is 1020. The van der Waals surface area contributed by atoms with Gasteiger partial charge in [-0.05, 0) is 24.3 Å². The van der Waals surface area contributed by atoms with Gasteiger partial charge in [0.25, 0.3) is 5.91 Å². The van der Waals surface area contributed by atoms with Crippen molar-refractivity contribution < 1.29 is 4.79 Å². The second-order valence-corrected chi connectivity index (χ2v) is 7.77. The zero-order valence-electron chi connectivity index (χ0n) is 13.9. The van der Waals surface area contributed by atoms with E-state index >= 15 is 0 Å². The third-order valence-electron chi connectivity index (χ3n) is 3.92. The minimum atomic E-state index is -0.121. The van der Waals surface area contributed by atoms with Crippen LogP contribution in [0.5, 0.6) is 0 Å². The highest BCUT2D eigenvalue weighted by atomic mass is 35.5. The summed E-state index contributed by atoms with van der Waals surface area (Å²) in [6, 6.07) is 17.2. The summed E-state index contributed by atoms with van der Waals surface area (Å²) in [7, 11) is 0. The number of hydrogen-bond donors (Lipinski definition) is 0. The number of carbonyl (C=O) groups excluding carboxylic acids is 1. The zero-order valence-corrected chi connectivity index (χ0v) is 16.3. The SMILES string of the molecule is O=C1CSC(=S)N1N=Cc1cn(-c2ccccc2)nc1-c1ccc(Cl)cc1. The molecule has 1 aliphatic rings. The van der Waals surface area contributed by atoms with E-state index in [0.29, 0.717) is 15.1 Å². The lowest BCUT2D eigenvalue weighted by Crippen LogP contribution is -2.22. The molecular weight excluding hydrogens is 400 g/mol. The van der Waals surface area contributed by atoms with Crippen LogP contribution in [0.1, 0.15) is 5.56 Å². The van der Waals surface area contributed by atoms with Crippen molar-refractivity contribution in [2.75, 3.05) is 5.75 Å². The quantitative estimate of drug-likeness (QED) is 0.471. The number of halogens is 1. The Labute approximate surface area is 170 Å². The predicted molar refractivity (Wildman–Crippen MR) is 114 cm³/mol. The molecule has 1 amide bonds. The summed E-state index contributed by atoms with van der Waals surface area (Å²) >= 11 is 12.5. The number of benzene rings is 2. The van der Waals surface area contributed by atoms with E-state index < -0.39 is 0 Å². The van der Waals surface area contributed by atoms with E-state index in [-0.39, 0.29) is 5.91 Å². The van der Waals surface area contributed by atoms with Crippen molar-refractivity contribution in [3.63, 3.8) is 0 Å². The van der Waals surface area contributed by atoms with E-state index in [9.17, 15) is 4.79 Å². The van der Waals surface area contributed by atoms with Gasteiger partial charge >= 0.3 is 0 Å². The molecule has 134 valence electrons. The molecule has 0 saturated carbocycles. The molecule has 2 aromatic carbocycles. The fourth-order valence-corrected chi connectivity index (χ4v) is 3.70. The van der Waals surface area contributed by atoms with Gasteiger partial charge in [-0.3, -0.25) is 4.79 Å². The van der Waals surface area contributed by atoms with Crippen LogP contribution in [0.2, 0.25) is 5.02 Å². The Balaban J connectivity index is 1.76. The molecule has 0 spiro atoms. The van der Waals surface area contributed by atoms with Crippen LogP contribution < -0.4 is 0 Å². The highest BCUT2D eigenvalue weighted by Gasteiger charge is 2.26. The van der Waals surface area contributed by atoms with Gasteiger partial charge in [-0.2, -0.15) is 15.2 Å². The van der Waals surface area contributed by atoms with Crippen molar-refractivity contribution in [2.45, 2.75) is 0 Å². The van der Waals surface area contributed by atoms with Crippen molar-refractivity contribution in [3.8, 4) is 16.9 Å². The molecule has 2 heterocycles. The predicted octanol–water partition coefficient (Wildman–Crippen LogP) is 4.39. The lowest BCUT2D eigenvalue weighted by molar-refractivity contribution is -0.123. The normalized spacial score (nSPS) is 14.5. The maximum Gasteiger partial charge on any atom is 0.259 e. The first kappa shape index (κ1) is 17.9. The average molecular weight is 413 g/mol. The highest BCUT2D eigenvalue weighted by Crippen LogP contribution is 2.25. The number of carbonyl (C=O) groups is 1. The van der Waals surface area contributed by atoms with Crippen molar-refractivity contribution >= 4 is 52.0 Å². The number of thioether (sulfide) groups is 1. The summed E-state index contributed by atoms with van der Waals surface area (Å²) in [6.45, 7) is 0. The number of thiocarbonyl (C=S) groups is 1. The van der Waals surface area contributed by atoms with Crippen LogP contribution in [0, 0.1) is 0 Å². The Hall–Kier alpha value is -2.48. The summed E-state index contributed by atoms with van der Waals surface area (Å²) in [6.07, 6.45) is 3.49. The number of nitrogens with zero attached hydrogens (tertiary/aromatic N) is 4. The van der Waals surface area contributed by atoms with Gasteiger partial charge in [-0.15, -0.1) is 0 Å². The largest absolute Gasteiger partial charge is 0.272 e. The number of aromatic nitrogens is 2. The summed E-state index contributed by atoms with van der Waals surface area (Å²) in [4.78, 5) is 11.9. The van der Waals surface area contributed by atoms with Gasteiger partial charge in [0, 0.05) is 22.3 Å². The number of rotatable bonds is 4. The molecule has 5 nitrogen and oxygen atoms in total. The maximum atomic E-state index is 11.9. The first-order valence-electron chi connectivity index (χ1n) is 8.06. The second-order valence-electron chi connectivity index (χ2n) is 5.72. The van der Waals surface area contributed by atoms with E-state index in [1.807, 2.05) is 60.8 Å². The van der Waals surface area contributed by atoms with Gasteiger partial charge < -0.3 is 0 Å². The number of hydrazone groups is 1. The molecule has 4 rings (SSSR count). The van der Waals surface area contributed by atoms with E-state index in [0.717, 1.165) is 22.5 Å². The smallest absolute Gasteiger partial charge is 0.259 e. The minimum absolute atomic E-state index is 0.121. The van der Waals surface area contributed by atoms with Gasteiger partial charge in [0.1, 0.15) is 5.69 Å². The summed E-state index contributed by atoms with van der Waals surface area (Å²) in [5, 5.41) is 10.9. The van der Waals surface area contributed by atoms with Crippen LogP contribution in [0.3, 0.4) is 0 Å². The molecule has 1 aliphatic heterocycles. The standard InChI is InChI=1S/C19H13ClN4OS2/c20-15-8-6-13(7-9-15)18-14(10-21-24-17(25)12-27-19(24)26)11-23(22-18)16-4-2-1-3-5-16/h1-11H,12H2. The number of amides is 1. The van der Waals surface area contributed by atoms with Gasteiger partial charge in [0.2, 0.25) is 0 Å². The van der Waals surface area contributed by atoms with E-state index in [1.54, 1.807) is 10.9 Å². The van der Waals surface area contributed by atoms with E-state index in [1.165, 1.54) is 16.8 Å². The Kier molecular flexibility index (Phi) is 5.07. The van der Waals surface area contributed by atoms with Crippen molar-refractivity contribution in [3.05, 3.63) is 71.4 Å². The molecule has 0 radical (unpaired) electrons. The summed E-state index contributed by atoms with van der Waals surface area (Å²) < 4.78 is 2.24. The minimum Gasteiger partial charge on any atom is -0.272 e. The van der Waals surface area contributed by atoms with Crippen LogP contribution in [-0.2, 0) is 4.79 Å². The molecule has 0 aliphatic carbocycles. The highest BCUT2D eigenvalue weighted by molar-refractivity contribution is 8.23. The zero-order chi connectivity index (χ0) is 18.8. The first-order chi connectivity index (χ1) is 13.1. The molecular formula is C19H13ClN4OS2. The molecule has 1 aromatic heterocycles. The molecule has 1 saturated heterocycles. The second kappa shape index (κ2) is 7.64. The van der Waals surface area contributed by atoms with Crippen LogP contribution in [0.15, 0.2) is 65.9 Å². The fourth-order valence-electron chi connectivity index (χ4n) is 2.61. The lowest BCUT2D eigenvalue weighted by atomic mass is 10.1. The number of hydrogen-bond acceptors (Lipinski definition) is 5. The Morgan fingerprint density at radius 2 is 1.89 bits per heavy atom. The Morgan fingerprint density at radius 3 is 2.56 bits per heavy atom. The van der Waals surface area contributed by atoms with Crippen LogP contribution in [-0.4, -0.2) is 37.0 Å². The topological polar surface area (TPSA) is 50.5 Å². The first-order valence-corrected chi connectivity index (χ1v) is 9.84.